The van der Waals surface area contributed by atoms with Crippen LogP contribution in [0.4, 0.5) is 5.69 Å². The van der Waals surface area contributed by atoms with Crippen LogP contribution in [-0.2, 0) is 13.0 Å². The van der Waals surface area contributed by atoms with Gasteiger partial charge >= 0.3 is 0 Å². The van der Waals surface area contributed by atoms with Gasteiger partial charge in [0.05, 0.1) is 5.69 Å². The number of aromatic nitrogens is 1. The highest BCUT2D eigenvalue weighted by Crippen LogP contribution is 2.09. The Morgan fingerprint density at radius 3 is 2.52 bits per heavy atom. The van der Waals surface area contributed by atoms with Gasteiger partial charge in [0.15, 0.2) is 0 Å². The molecule has 21 heavy (non-hydrogen) atoms. The Labute approximate surface area is 123 Å². The quantitative estimate of drug-likeness (QED) is 0.876. The minimum Gasteiger partial charge on any atom is -0.330 e. The van der Waals surface area contributed by atoms with Gasteiger partial charge in [0, 0.05) is 24.4 Å². The Hall–Kier alpha value is -2.40. The van der Waals surface area contributed by atoms with Crippen LogP contribution in [0.5, 0.6) is 0 Å². The average Bonchev–Trinajstić information content (AvgIpc) is 2.50. The Balaban J connectivity index is 2.12. The van der Waals surface area contributed by atoms with Crippen molar-refractivity contribution in [1.29, 1.82) is 0 Å². The Bertz CT molecular complexity index is 675. The fraction of sp³-hybridized carbons (Fsp3) is 0.250. The molecule has 5 heteroatoms. The molecule has 0 atom stereocenters. The number of carbonyl (C=O) groups excluding carboxylic acids is 1. The van der Waals surface area contributed by atoms with Crippen molar-refractivity contribution in [2.24, 2.45) is 5.73 Å². The molecule has 0 fully saturated rings. The second kappa shape index (κ2) is 6.85. The number of nitrogens with one attached hydrogen (secondary N) is 1. The van der Waals surface area contributed by atoms with Gasteiger partial charge in [-0.05, 0) is 43.7 Å². The van der Waals surface area contributed by atoms with E-state index in [2.05, 4.69) is 5.32 Å². The summed E-state index contributed by atoms with van der Waals surface area (Å²) in [7, 11) is 0. The highest BCUT2D eigenvalue weighted by molar-refractivity contribution is 6.04. The van der Waals surface area contributed by atoms with Crippen LogP contribution >= 0.6 is 0 Å². The molecule has 0 saturated heterocycles. The molecule has 1 amide bonds. The predicted octanol–water partition coefficient (Wildman–Crippen LogP) is 1.62. The summed E-state index contributed by atoms with van der Waals surface area (Å²) in [6, 6.07) is 10.4. The van der Waals surface area contributed by atoms with Gasteiger partial charge in [0.1, 0.15) is 0 Å². The first-order valence-corrected chi connectivity index (χ1v) is 6.95. The van der Waals surface area contributed by atoms with E-state index in [9.17, 15) is 9.59 Å². The van der Waals surface area contributed by atoms with E-state index < -0.39 is 0 Å². The number of nitrogens with zero attached hydrogens (tertiary/aromatic N) is 1. The number of benzene rings is 1. The van der Waals surface area contributed by atoms with Crippen molar-refractivity contribution in [3.05, 3.63) is 64.1 Å². The molecule has 0 aliphatic carbocycles. The first-order chi connectivity index (χ1) is 10.1. The molecule has 1 aromatic carbocycles. The minimum atomic E-state index is -0.199. The highest BCUT2D eigenvalue weighted by atomic mass is 16.1. The number of amides is 1. The maximum atomic E-state index is 12.1. The molecule has 3 N–H and O–H groups in total. The van der Waals surface area contributed by atoms with Gasteiger partial charge in [0.25, 0.3) is 11.5 Å². The van der Waals surface area contributed by atoms with Crippen molar-refractivity contribution in [1.82, 2.24) is 4.57 Å². The van der Waals surface area contributed by atoms with Crippen LogP contribution in [0.2, 0.25) is 0 Å². The van der Waals surface area contributed by atoms with Crippen molar-refractivity contribution in [3.8, 4) is 0 Å². The summed E-state index contributed by atoms with van der Waals surface area (Å²) < 4.78 is 1.54. The first-order valence-electron chi connectivity index (χ1n) is 6.95. The third kappa shape index (κ3) is 3.79. The summed E-state index contributed by atoms with van der Waals surface area (Å²) in [5.41, 5.74) is 7.69. The molecule has 2 rings (SSSR count). The monoisotopic (exact) mass is 285 g/mol. The molecule has 0 saturated carbocycles. The topological polar surface area (TPSA) is 77.1 Å². The number of pyridine rings is 1. The number of nitrogens with two attached hydrogens (primary N) is 1. The Morgan fingerprint density at radius 1 is 1.19 bits per heavy atom. The second-order valence-electron chi connectivity index (χ2n) is 4.73. The zero-order chi connectivity index (χ0) is 15.2. The zero-order valence-corrected chi connectivity index (χ0v) is 12.0. The van der Waals surface area contributed by atoms with E-state index >= 15 is 0 Å². The number of carbonyl (C=O) groups is 1. The van der Waals surface area contributed by atoms with Crippen molar-refractivity contribution in [2.75, 3.05) is 11.9 Å². The van der Waals surface area contributed by atoms with Gasteiger partial charge < -0.3 is 15.6 Å². The summed E-state index contributed by atoms with van der Waals surface area (Å²) in [5, 5.41) is 2.79. The van der Waals surface area contributed by atoms with Gasteiger partial charge in [0.2, 0.25) is 0 Å². The molecule has 0 unspecified atom stereocenters. The van der Waals surface area contributed by atoms with E-state index in [-0.39, 0.29) is 11.5 Å². The van der Waals surface area contributed by atoms with Crippen molar-refractivity contribution in [2.45, 2.75) is 19.9 Å². The van der Waals surface area contributed by atoms with Crippen LogP contribution in [0.25, 0.3) is 0 Å². The number of hydrogen-bond acceptors (Lipinski definition) is 3. The van der Waals surface area contributed by atoms with E-state index in [1.165, 1.54) is 6.07 Å². The van der Waals surface area contributed by atoms with Crippen LogP contribution in [0.15, 0.2) is 47.4 Å². The van der Waals surface area contributed by atoms with Gasteiger partial charge in [-0.3, -0.25) is 9.59 Å². The number of aryl methyl sites for hydroxylation is 1. The summed E-state index contributed by atoms with van der Waals surface area (Å²) in [4.78, 5) is 23.6. The average molecular weight is 285 g/mol. The molecule has 0 aliphatic heterocycles. The molecule has 0 radical (unpaired) electrons. The standard InChI is InChI=1S/C16H19N3O2/c1-2-19-11-14(7-8-15(19)20)18-16(21)13-5-3-12(4-6-13)9-10-17/h3-8,11H,2,9-10,17H2,1H3,(H,18,21). The van der Waals surface area contributed by atoms with E-state index in [0.717, 1.165) is 12.0 Å². The number of hydrogen-bond donors (Lipinski definition) is 2. The number of anilines is 1. The highest BCUT2D eigenvalue weighted by Gasteiger charge is 2.06. The van der Waals surface area contributed by atoms with E-state index in [4.69, 9.17) is 5.73 Å². The SMILES string of the molecule is CCn1cc(NC(=O)c2ccc(CCN)cc2)ccc1=O. The fourth-order valence-corrected chi connectivity index (χ4v) is 2.05. The number of rotatable bonds is 5. The van der Waals surface area contributed by atoms with Crippen molar-refractivity contribution in [3.63, 3.8) is 0 Å². The van der Waals surface area contributed by atoms with Crippen LogP contribution in [-0.4, -0.2) is 17.0 Å². The van der Waals surface area contributed by atoms with Crippen LogP contribution in [0, 0.1) is 0 Å². The summed E-state index contributed by atoms with van der Waals surface area (Å²) >= 11 is 0. The molecule has 110 valence electrons. The Kier molecular flexibility index (Phi) is 4.90. The largest absolute Gasteiger partial charge is 0.330 e. The van der Waals surface area contributed by atoms with Crippen LogP contribution in [0.1, 0.15) is 22.8 Å². The summed E-state index contributed by atoms with van der Waals surface area (Å²) in [6.45, 7) is 3.03. The van der Waals surface area contributed by atoms with Gasteiger partial charge in [-0.15, -0.1) is 0 Å². The lowest BCUT2D eigenvalue weighted by molar-refractivity contribution is 0.102. The molecule has 1 aromatic heterocycles. The minimum absolute atomic E-state index is 0.0818. The molecule has 2 aromatic rings. The third-order valence-electron chi connectivity index (χ3n) is 3.23. The molecule has 0 spiro atoms. The maximum absolute atomic E-state index is 12.1. The second-order valence-corrected chi connectivity index (χ2v) is 4.73. The molecule has 0 bridgehead atoms. The zero-order valence-electron chi connectivity index (χ0n) is 12.0. The molecule has 5 nitrogen and oxygen atoms in total. The normalized spacial score (nSPS) is 10.4. The van der Waals surface area contributed by atoms with E-state index in [1.807, 2.05) is 19.1 Å². The van der Waals surface area contributed by atoms with E-state index in [0.29, 0.717) is 24.3 Å². The molecule has 0 aliphatic rings. The lowest BCUT2D eigenvalue weighted by Crippen LogP contribution is -2.19. The lowest BCUT2D eigenvalue weighted by Gasteiger charge is -2.08. The predicted molar refractivity (Wildman–Crippen MR) is 83.5 cm³/mol. The van der Waals surface area contributed by atoms with Gasteiger partial charge in [-0.1, -0.05) is 12.1 Å². The fourth-order valence-electron chi connectivity index (χ4n) is 2.05. The molecule has 1 heterocycles. The van der Waals surface area contributed by atoms with Gasteiger partial charge in [-0.2, -0.15) is 0 Å². The van der Waals surface area contributed by atoms with Crippen LogP contribution < -0.4 is 16.6 Å². The van der Waals surface area contributed by atoms with E-state index in [1.54, 1.807) is 29.0 Å². The van der Waals surface area contributed by atoms with Gasteiger partial charge in [-0.25, -0.2) is 0 Å². The molecular formula is C16H19N3O2. The maximum Gasteiger partial charge on any atom is 0.255 e. The van der Waals surface area contributed by atoms with Crippen molar-refractivity contribution < 1.29 is 4.79 Å². The smallest absolute Gasteiger partial charge is 0.255 e. The summed E-state index contributed by atoms with van der Waals surface area (Å²) in [6.07, 6.45) is 2.44. The lowest BCUT2D eigenvalue weighted by atomic mass is 10.1. The Morgan fingerprint density at radius 2 is 1.90 bits per heavy atom. The first kappa shape index (κ1) is 15.0. The van der Waals surface area contributed by atoms with Crippen LogP contribution in [0.3, 0.4) is 0 Å². The van der Waals surface area contributed by atoms with Crippen molar-refractivity contribution >= 4 is 11.6 Å². The summed E-state index contributed by atoms with van der Waals surface area (Å²) in [5.74, 6) is -0.199. The third-order valence-corrected chi connectivity index (χ3v) is 3.23. The molecular weight excluding hydrogens is 266 g/mol.